The molecule has 1 aromatic carbocycles. The summed E-state index contributed by atoms with van der Waals surface area (Å²) in [7, 11) is 0. The van der Waals surface area contributed by atoms with E-state index >= 15 is 0 Å². The van der Waals surface area contributed by atoms with Gasteiger partial charge in [-0.15, -0.1) is 0 Å². The molecule has 1 aromatic heterocycles. The van der Waals surface area contributed by atoms with Crippen LogP contribution in [0.5, 0.6) is 0 Å². The minimum atomic E-state index is -0.349. The molecule has 6 nitrogen and oxygen atoms in total. The van der Waals surface area contributed by atoms with E-state index in [-0.39, 0.29) is 16.0 Å². The lowest BCUT2D eigenvalue weighted by Gasteiger charge is -2.35. The highest BCUT2D eigenvalue weighted by Gasteiger charge is 2.22. The summed E-state index contributed by atoms with van der Waals surface area (Å²) >= 11 is 7.17. The molecule has 1 aliphatic rings. The van der Waals surface area contributed by atoms with Gasteiger partial charge in [-0.1, -0.05) is 35.1 Å². The van der Waals surface area contributed by atoms with Crippen LogP contribution in [0.2, 0.25) is 5.02 Å². The quantitative estimate of drug-likeness (QED) is 0.587. The molecule has 0 amide bonds. The summed E-state index contributed by atoms with van der Waals surface area (Å²) in [5, 5.41) is 16.9. The van der Waals surface area contributed by atoms with Crippen molar-refractivity contribution < 1.29 is 9.66 Å². The lowest BCUT2D eigenvalue weighted by Crippen LogP contribution is -2.42. The molecular weight excluding hydrogens is 362 g/mol. The van der Waals surface area contributed by atoms with Crippen LogP contribution in [0.4, 0.5) is 5.00 Å². The number of benzene rings is 1. The molecule has 1 atom stereocenters. The molecule has 25 heavy (non-hydrogen) atoms. The third-order valence-electron chi connectivity index (χ3n) is 4.23. The third-order valence-corrected chi connectivity index (χ3v) is 5.41. The van der Waals surface area contributed by atoms with Gasteiger partial charge in [0, 0.05) is 48.7 Å². The highest BCUT2D eigenvalue weighted by atomic mass is 35.5. The Balaban J connectivity index is 1.64. The standard InChI is InChI=1S/C17H20ClN3O3S/c18-15-3-1-14(2-4-15)16(20-5-7-24-8-6-20)11-19-10-13-9-17(21(22)23)25-12-13/h1-4,9,12,16,19H,5-8,10-11H2. The largest absolute Gasteiger partial charge is 0.379 e. The van der Waals surface area contributed by atoms with E-state index in [0.29, 0.717) is 6.54 Å². The Kier molecular flexibility index (Phi) is 6.39. The number of nitro groups is 1. The maximum Gasteiger partial charge on any atom is 0.324 e. The number of nitrogens with one attached hydrogen (secondary N) is 1. The molecule has 0 bridgehead atoms. The van der Waals surface area contributed by atoms with Crippen molar-refractivity contribution in [2.75, 3.05) is 32.8 Å². The van der Waals surface area contributed by atoms with Crippen LogP contribution in [0.15, 0.2) is 35.7 Å². The van der Waals surface area contributed by atoms with Gasteiger partial charge in [0.1, 0.15) is 0 Å². The van der Waals surface area contributed by atoms with E-state index in [9.17, 15) is 10.1 Å². The molecule has 0 aliphatic carbocycles. The fourth-order valence-electron chi connectivity index (χ4n) is 2.94. The third kappa shape index (κ3) is 4.99. The number of halogens is 1. The van der Waals surface area contributed by atoms with Gasteiger partial charge in [0.05, 0.1) is 18.1 Å². The zero-order chi connectivity index (χ0) is 17.6. The summed E-state index contributed by atoms with van der Waals surface area (Å²) in [6.07, 6.45) is 0. The lowest BCUT2D eigenvalue weighted by molar-refractivity contribution is -0.380. The van der Waals surface area contributed by atoms with Crippen molar-refractivity contribution in [3.63, 3.8) is 0 Å². The zero-order valence-electron chi connectivity index (χ0n) is 13.7. The first-order valence-electron chi connectivity index (χ1n) is 8.13. The van der Waals surface area contributed by atoms with Crippen molar-refractivity contribution in [3.8, 4) is 0 Å². The first-order valence-corrected chi connectivity index (χ1v) is 9.39. The maximum atomic E-state index is 10.8. The molecule has 8 heteroatoms. The van der Waals surface area contributed by atoms with Crippen molar-refractivity contribution in [3.05, 3.63) is 62.0 Å². The summed E-state index contributed by atoms with van der Waals surface area (Å²) in [6.45, 7) is 4.61. The van der Waals surface area contributed by atoms with Crippen molar-refractivity contribution in [2.45, 2.75) is 12.6 Å². The van der Waals surface area contributed by atoms with Gasteiger partial charge in [-0.2, -0.15) is 0 Å². The summed E-state index contributed by atoms with van der Waals surface area (Å²) < 4.78 is 5.46. The van der Waals surface area contributed by atoms with Crippen LogP contribution in [0.25, 0.3) is 0 Å². The minimum Gasteiger partial charge on any atom is -0.379 e. The number of rotatable bonds is 7. The van der Waals surface area contributed by atoms with Crippen LogP contribution in [-0.4, -0.2) is 42.7 Å². The smallest absolute Gasteiger partial charge is 0.324 e. The van der Waals surface area contributed by atoms with Gasteiger partial charge >= 0.3 is 5.00 Å². The van der Waals surface area contributed by atoms with Gasteiger partial charge in [-0.25, -0.2) is 0 Å². The number of morpholine rings is 1. The van der Waals surface area contributed by atoms with Gasteiger partial charge in [0.2, 0.25) is 0 Å². The number of thiophene rings is 1. The van der Waals surface area contributed by atoms with E-state index in [1.807, 2.05) is 17.5 Å². The highest BCUT2D eigenvalue weighted by Crippen LogP contribution is 2.24. The molecule has 134 valence electrons. The van der Waals surface area contributed by atoms with E-state index in [1.54, 1.807) is 6.07 Å². The van der Waals surface area contributed by atoms with Crippen molar-refractivity contribution in [1.29, 1.82) is 0 Å². The summed E-state index contributed by atoms with van der Waals surface area (Å²) in [4.78, 5) is 12.8. The monoisotopic (exact) mass is 381 g/mol. The molecule has 0 radical (unpaired) electrons. The molecule has 1 aliphatic heterocycles. The maximum absolute atomic E-state index is 10.8. The molecule has 1 unspecified atom stereocenters. The van der Waals surface area contributed by atoms with Gasteiger partial charge in [0.15, 0.2) is 0 Å². The Labute approximate surface area is 155 Å². The van der Waals surface area contributed by atoms with Crippen LogP contribution < -0.4 is 5.32 Å². The van der Waals surface area contributed by atoms with E-state index < -0.39 is 0 Å². The van der Waals surface area contributed by atoms with Crippen LogP contribution in [-0.2, 0) is 11.3 Å². The molecule has 2 heterocycles. The lowest BCUT2D eigenvalue weighted by atomic mass is 10.0. The fraction of sp³-hybridized carbons (Fsp3) is 0.412. The predicted octanol–water partition coefficient (Wildman–Crippen LogP) is 3.47. The van der Waals surface area contributed by atoms with Crippen molar-refractivity contribution >= 4 is 27.9 Å². The second kappa shape index (κ2) is 8.73. The number of nitrogens with zero attached hydrogens (tertiary/aromatic N) is 2. The first-order chi connectivity index (χ1) is 12.1. The van der Waals surface area contributed by atoms with Gasteiger partial charge in [-0.3, -0.25) is 15.0 Å². The number of hydrogen-bond acceptors (Lipinski definition) is 6. The molecule has 0 saturated carbocycles. The van der Waals surface area contributed by atoms with Crippen LogP contribution in [0, 0.1) is 10.1 Å². The van der Waals surface area contributed by atoms with E-state index in [2.05, 4.69) is 22.3 Å². The average molecular weight is 382 g/mol. The summed E-state index contributed by atoms with van der Waals surface area (Å²) in [5.74, 6) is 0. The zero-order valence-corrected chi connectivity index (χ0v) is 15.3. The summed E-state index contributed by atoms with van der Waals surface area (Å²) in [5.41, 5.74) is 2.14. The molecule has 3 rings (SSSR count). The minimum absolute atomic E-state index is 0.180. The van der Waals surface area contributed by atoms with Crippen LogP contribution >= 0.6 is 22.9 Å². The Morgan fingerprint density at radius 3 is 2.68 bits per heavy atom. The molecular formula is C17H20ClN3O3S. The van der Waals surface area contributed by atoms with Gasteiger partial charge < -0.3 is 10.1 Å². The average Bonchev–Trinajstić information content (AvgIpc) is 3.10. The van der Waals surface area contributed by atoms with Crippen molar-refractivity contribution in [2.24, 2.45) is 0 Å². The van der Waals surface area contributed by atoms with Crippen molar-refractivity contribution in [1.82, 2.24) is 10.2 Å². The summed E-state index contributed by atoms with van der Waals surface area (Å²) in [6, 6.07) is 9.77. The Morgan fingerprint density at radius 1 is 1.32 bits per heavy atom. The highest BCUT2D eigenvalue weighted by molar-refractivity contribution is 7.13. The predicted molar refractivity (Wildman–Crippen MR) is 99.3 cm³/mol. The second-order valence-corrected chi connectivity index (χ2v) is 7.22. The number of ether oxygens (including phenoxy) is 1. The van der Waals surface area contributed by atoms with Gasteiger partial charge in [-0.05, 0) is 23.3 Å². The molecule has 2 aromatic rings. The van der Waals surface area contributed by atoms with Gasteiger partial charge in [0.25, 0.3) is 0 Å². The Morgan fingerprint density at radius 2 is 2.04 bits per heavy atom. The Hall–Kier alpha value is -1.51. The van der Waals surface area contributed by atoms with Crippen LogP contribution in [0.3, 0.4) is 0 Å². The molecule has 0 spiro atoms. The Bertz CT molecular complexity index is 701. The first kappa shape index (κ1) is 18.3. The normalized spacial score (nSPS) is 16.7. The molecule has 1 saturated heterocycles. The van der Waals surface area contributed by atoms with E-state index in [4.69, 9.17) is 16.3 Å². The molecule has 1 fully saturated rings. The SMILES string of the molecule is O=[N+]([O-])c1cc(CNCC(c2ccc(Cl)cc2)N2CCOCC2)cs1. The molecule has 1 N–H and O–H groups in total. The number of hydrogen-bond donors (Lipinski definition) is 1. The topological polar surface area (TPSA) is 67.6 Å². The van der Waals surface area contributed by atoms with E-state index in [0.717, 1.165) is 54.8 Å². The fourth-order valence-corrected chi connectivity index (χ4v) is 3.79. The second-order valence-electron chi connectivity index (χ2n) is 5.90. The van der Waals surface area contributed by atoms with E-state index in [1.165, 1.54) is 5.56 Å². The van der Waals surface area contributed by atoms with Crippen LogP contribution in [0.1, 0.15) is 17.2 Å².